The van der Waals surface area contributed by atoms with Crippen molar-refractivity contribution in [3.8, 4) is 5.75 Å². The molecule has 2 aromatic carbocycles. The quantitative estimate of drug-likeness (QED) is 0.748. The van der Waals surface area contributed by atoms with Crippen molar-refractivity contribution in [2.24, 2.45) is 0 Å². The van der Waals surface area contributed by atoms with Crippen LogP contribution in [0.2, 0.25) is 0 Å². The number of hydrogen-bond donors (Lipinski definition) is 0. The molecule has 4 rings (SSSR count). The normalized spacial score (nSPS) is 22.2. The van der Waals surface area contributed by atoms with E-state index in [-0.39, 0.29) is 23.9 Å². The second-order valence-corrected chi connectivity index (χ2v) is 7.14. The summed E-state index contributed by atoms with van der Waals surface area (Å²) in [6.07, 6.45) is -2.41. The number of fused-ring (bicyclic) bond motifs is 1. The number of alkyl halides is 3. The van der Waals surface area contributed by atoms with E-state index in [0.717, 1.165) is 36.0 Å². The minimum Gasteiger partial charge on any atom is -0.406 e. The first-order valence-corrected chi connectivity index (χ1v) is 9.27. The van der Waals surface area contributed by atoms with Crippen LogP contribution in [0.4, 0.5) is 13.2 Å². The van der Waals surface area contributed by atoms with Gasteiger partial charge in [-0.3, -0.25) is 4.79 Å². The van der Waals surface area contributed by atoms with E-state index in [1.165, 1.54) is 12.1 Å². The first kappa shape index (κ1) is 18.8. The molecule has 2 heterocycles. The minimum absolute atomic E-state index is 0.0231. The summed E-state index contributed by atoms with van der Waals surface area (Å²) in [4.78, 5) is 14.3. The van der Waals surface area contributed by atoms with Crippen LogP contribution >= 0.6 is 0 Å². The largest absolute Gasteiger partial charge is 0.573 e. The summed E-state index contributed by atoms with van der Waals surface area (Å²) in [5, 5.41) is 0. The fourth-order valence-corrected chi connectivity index (χ4v) is 3.87. The highest BCUT2D eigenvalue weighted by molar-refractivity contribution is 5.98. The molecule has 0 unspecified atom stereocenters. The van der Waals surface area contributed by atoms with Crippen LogP contribution in [0, 0.1) is 0 Å². The highest BCUT2D eigenvalue weighted by Crippen LogP contribution is 2.34. The summed E-state index contributed by atoms with van der Waals surface area (Å²) >= 11 is 0. The van der Waals surface area contributed by atoms with E-state index in [0.29, 0.717) is 13.1 Å². The number of halogens is 3. The average Bonchev–Trinajstić information content (AvgIpc) is 2.97. The summed E-state index contributed by atoms with van der Waals surface area (Å²) in [7, 11) is 0. The Hall–Kier alpha value is -2.54. The number of ether oxygens (including phenoxy) is 2. The van der Waals surface area contributed by atoms with E-state index >= 15 is 0 Å². The highest BCUT2D eigenvalue weighted by atomic mass is 19.4. The Morgan fingerprint density at radius 3 is 2.54 bits per heavy atom. The number of nitrogens with zero attached hydrogens (tertiary/aromatic N) is 1. The Balaban J connectivity index is 1.38. The molecular weight excluding hydrogens is 371 g/mol. The van der Waals surface area contributed by atoms with E-state index in [9.17, 15) is 18.0 Å². The van der Waals surface area contributed by atoms with Crippen molar-refractivity contribution in [2.45, 2.75) is 44.4 Å². The third kappa shape index (κ3) is 4.14. The topological polar surface area (TPSA) is 38.8 Å². The minimum atomic E-state index is -4.70. The van der Waals surface area contributed by atoms with Crippen LogP contribution in [-0.4, -0.2) is 29.8 Å². The average molecular weight is 391 g/mol. The van der Waals surface area contributed by atoms with Crippen LogP contribution in [0.1, 0.15) is 46.9 Å². The summed E-state index contributed by atoms with van der Waals surface area (Å²) in [6.45, 7) is 1.10. The van der Waals surface area contributed by atoms with E-state index in [2.05, 4.69) is 4.74 Å². The summed E-state index contributed by atoms with van der Waals surface area (Å²) in [5.41, 5.74) is 2.59. The number of carbonyl (C=O) groups is 1. The zero-order chi connectivity index (χ0) is 19.7. The zero-order valence-corrected chi connectivity index (χ0v) is 15.1. The monoisotopic (exact) mass is 391 g/mol. The number of hydrogen-bond acceptors (Lipinski definition) is 3. The molecule has 4 nitrogen and oxygen atoms in total. The van der Waals surface area contributed by atoms with Crippen molar-refractivity contribution >= 4 is 5.91 Å². The van der Waals surface area contributed by atoms with Gasteiger partial charge in [-0.25, -0.2) is 0 Å². The predicted octanol–water partition coefficient (Wildman–Crippen LogP) is 4.85. The molecule has 1 fully saturated rings. The van der Waals surface area contributed by atoms with E-state index < -0.39 is 6.36 Å². The zero-order valence-electron chi connectivity index (χ0n) is 15.1. The maximum Gasteiger partial charge on any atom is 0.573 e. The van der Waals surface area contributed by atoms with Crippen molar-refractivity contribution < 1.29 is 27.4 Å². The third-order valence-corrected chi connectivity index (χ3v) is 5.15. The maximum atomic E-state index is 12.5. The van der Waals surface area contributed by atoms with E-state index in [1.807, 2.05) is 24.3 Å². The lowest BCUT2D eigenvalue weighted by Crippen LogP contribution is -2.36. The van der Waals surface area contributed by atoms with Crippen molar-refractivity contribution in [3.05, 3.63) is 65.2 Å². The lowest BCUT2D eigenvalue weighted by molar-refractivity contribution is -0.274. The maximum absolute atomic E-state index is 12.5. The molecule has 2 aliphatic rings. The second kappa shape index (κ2) is 7.47. The van der Waals surface area contributed by atoms with E-state index in [4.69, 9.17) is 4.74 Å². The Bertz CT molecular complexity index is 851. The molecule has 148 valence electrons. The molecule has 1 amide bonds. The number of amides is 1. The van der Waals surface area contributed by atoms with Gasteiger partial charge in [-0.15, -0.1) is 13.2 Å². The molecule has 2 atom stereocenters. The van der Waals surface area contributed by atoms with Gasteiger partial charge in [0.05, 0.1) is 12.2 Å². The molecular formula is C21H20F3NO3. The van der Waals surface area contributed by atoms with Gasteiger partial charge in [-0.2, -0.15) is 0 Å². The summed E-state index contributed by atoms with van der Waals surface area (Å²) in [5.74, 6) is -0.223. The van der Waals surface area contributed by atoms with Gasteiger partial charge in [0.25, 0.3) is 5.91 Å². The van der Waals surface area contributed by atoms with Gasteiger partial charge >= 0.3 is 6.36 Å². The molecule has 1 saturated heterocycles. The molecule has 0 saturated carbocycles. The van der Waals surface area contributed by atoms with Crippen LogP contribution in [0.25, 0.3) is 0 Å². The lowest BCUT2D eigenvalue weighted by atomic mass is 9.98. The van der Waals surface area contributed by atoms with Crippen molar-refractivity contribution in [2.75, 3.05) is 6.54 Å². The van der Waals surface area contributed by atoms with Crippen LogP contribution < -0.4 is 4.74 Å². The molecule has 7 heteroatoms. The first-order valence-electron chi connectivity index (χ1n) is 9.27. The summed E-state index contributed by atoms with van der Waals surface area (Å²) in [6, 6.07) is 13.4. The van der Waals surface area contributed by atoms with Gasteiger partial charge in [0.15, 0.2) is 0 Å². The molecule has 0 spiro atoms. The lowest BCUT2D eigenvalue weighted by Gasteiger charge is -2.33. The van der Waals surface area contributed by atoms with Gasteiger partial charge < -0.3 is 14.4 Å². The van der Waals surface area contributed by atoms with Crippen molar-refractivity contribution in [1.29, 1.82) is 0 Å². The Labute approximate surface area is 160 Å². The molecule has 0 radical (unpaired) electrons. The van der Waals surface area contributed by atoms with Crippen LogP contribution in [0.3, 0.4) is 0 Å². The van der Waals surface area contributed by atoms with Gasteiger partial charge in [0.1, 0.15) is 5.75 Å². The Kier molecular flexibility index (Phi) is 5.02. The standard InChI is InChI=1S/C21H20F3NO3/c22-21(23,24)28-16-10-8-14(9-11-16)19-7-3-5-17(27-19)13-25-12-15-4-1-2-6-18(15)20(25)26/h1-2,4,6,8-11,17,19H,3,5,7,12-13H2/t17-,19+/m1/s1. The Morgan fingerprint density at radius 2 is 1.82 bits per heavy atom. The van der Waals surface area contributed by atoms with E-state index in [1.54, 1.807) is 17.0 Å². The molecule has 0 aliphatic carbocycles. The van der Waals surface area contributed by atoms with Crippen LogP contribution in [0.15, 0.2) is 48.5 Å². The fraction of sp³-hybridized carbons (Fsp3) is 0.381. The predicted molar refractivity (Wildman–Crippen MR) is 95.8 cm³/mol. The number of carbonyl (C=O) groups excluding carboxylic acids is 1. The van der Waals surface area contributed by atoms with Crippen molar-refractivity contribution in [1.82, 2.24) is 4.90 Å². The molecule has 2 aliphatic heterocycles. The number of benzene rings is 2. The Morgan fingerprint density at radius 1 is 1.07 bits per heavy atom. The second-order valence-electron chi connectivity index (χ2n) is 7.14. The van der Waals surface area contributed by atoms with Gasteiger partial charge in [0, 0.05) is 18.7 Å². The third-order valence-electron chi connectivity index (χ3n) is 5.15. The van der Waals surface area contributed by atoms with Crippen LogP contribution in [0.5, 0.6) is 5.75 Å². The molecule has 0 aromatic heterocycles. The smallest absolute Gasteiger partial charge is 0.406 e. The fourth-order valence-electron chi connectivity index (χ4n) is 3.87. The van der Waals surface area contributed by atoms with Gasteiger partial charge in [0.2, 0.25) is 0 Å². The number of rotatable bonds is 4. The van der Waals surface area contributed by atoms with Gasteiger partial charge in [-0.05, 0) is 48.6 Å². The molecule has 28 heavy (non-hydrogen) atoms. The van der Waals surface area contributed by atoms with Crippen LogP contribution in [-0.2, 0) is 11.3 Å². The van der Waals surface area contributed by atoms with Gasteiger partial charge in [-0.1, -0.05) is 30.3 Å². The highest BCUT2D eigenvalue weighted by Gasteiger charge is 2.33. The molecule has 0 N–H and O–H groups in total. The molecule has 0 bridgehead atoms. The summed E-state index contributed by atoms with van der Waals surface area (Å²) < 4.78 is 47.0. The first-order chi connectivity index (χ1) is 13.4. The molecule has 2 aromatic rings. The van der Waals surface area contributed by atoms with Crippen molar-refractivity contribution in [3.63, 3.8) is 0 Å². The SMILES string of the molecule is O=C1c2ccccc2CN1C[C@H]1CCC[C@@H](c2ccc(OC(F)(F)F)cc2)O1.